The molecule has 3 fully saturated rings. The molecule has 7 heteroatoms. The number of rotatable bonds is 3. The van der Waals surface area contributed by atoms with E-state index in [2.05, 4.69) is 33.2 Å². The lowest BCUT2D eigenvalue weighted by atomic mass is 9.48. The van der Waals surface area contributed by atoms with Gasteiger partial charge in [0.1, 0.15) is 4.88 Å². The van der Waals surface area contributed by atoms with Gasteiger partial charge >= 0.3 is 0 Å². The molecule has 1 saturated carbocycles. The van der Waals surface area contributed by atoms with Crippen molar-refractivity contribution in [1.29, 1.82) is 0 Å². The highest BCUT2D eigenvalue weighted by Crippen LogP contribution is 2.63. The molecule has 24 heavy (non-hydrogen) atoms. The number of hydrogen-bond donors (Lipinski definition) is 0. The van der Waals surface area contributed by atoms with Crippen molar-refractivity contribution >= 4 is 17.4 Å². The molecule has 0 aromatic carbocycles. The van der Waals surface area contributed by atoms with Crippen LogP contribution in [0.4, 0.5) is 0 Å². The number of morpholine rings is 1. The van der Waals surface area contributed by atoms with E-state index < -0.39 is 0 Å². The highest BCUT2D eigenvalue weighted by Gasteiger charge is 2.63. The van der Waals surface area contributed by atoms with Crippen molar-refractivity contribution in [2.45, 2.75) is 27.2 Å². The molecule has 0 N–H and O–H groups in total. The summed E-state index contributed by atoms with van der Waals surface area (Å²) in [7, 11) is 0. The summed E-state index contributed by atoms with van der Waals surface area (Å²) in [5.41, 5.74) is 1.33. The van der Waals surface area contributed by atoms with Crippen LogP contribution in [-0.2, 0) is 4.74 Å². The van der Waals surface area contributed by atoms with Gasteiger partial charge in [0.25, 0.3) is 5.91 Å². The van der Waals surface area contributed by atoms with E-state index in [1.807, 2.05) is 6.92 Å². The molecule has 4 rings (SSSR count). The summed E-state index contributed by atoms with van der Waals surface area (Å²) in [4.78, 5) is 18.2. The highest BCUT2D eigenvalue weighted by molar-refractivity contribution is 7.07. The molecule has 0 spiro atoms. The Hall–Kier alpha value is -1.05. The monoisotopic (exact) mass is 350 g/mol. The van der Waals surface area contributed by atoms with Crippen molar-refractivity contribution in [3.63, 3.8) is 0 Å². The van der Waals surface area contributed by atoms with Crippen LogP contribution >= 0.6 is 11.5 Å². The Balaban J connectivity index is 1.52. The van der Waals surface area contributed by atoms with Crippen molar-refractivity contribution in [3.8, 4) is 0 Å². The summed E-state index contributed by atoms with van der Waals surface area (Å²) in [5, 5.41) is 4.00. The van der Waals surface area contributed by atoms with Gasteiger partial charge in [-0.25, -0.2) is 0 Å². The van der Waals surface area contributed by atoms with Crippen LogP contribution in [0.25, 0.3) is 0 Å². The fourth-order valence-corrected chi connectivity index (χ4v) is 5.90. The zero-order valence-corrected chi connectivity index (χ0v) is 15.6. The van der Waals surface area contributed by atoms with Crippen LogP contribution in [-0.4, -0.2) is 71.2 Å². The SMILES string of the molecule is Cc1nnsc1C(=O)N1C[C@@H]2C(C)(C)C[C@]2(CN2CCOCC2)C1. The number of ether oxygens (including phenoxy) is 1. The zero-order valence-electron chi connectivity index (χ0n) is 14.7. The first-order valence-electron chi connectivity index (χ1n) is 8.80. The van der Waals surface area contributed by atoms with Crippen molar-refractivity contribution in [2.75, 3.05) is 45.9 Å². The summed E-state index contributed by atoms with van der Waals surface area (Å²) in [6, 6.07) is 0. The van der Waals surface area contributed by atoms with Gasteiger partial charge in [0.2, 0.25) is 0 Å². The Morgan fingerprint density at radius 1 is 1.38 bits per heavy atom. The third-order valence-electron chi connectivity index (χ3n) is 6.17. The van der Waals surface area contributed by atoms with Crippen LogP contribution in [0.1, 0.15) is 35.6 Å². The van der Waals surface area contributed by atoms with Gasteiger partial charge in [0.05, 0.1) is 18.9 Å². The quantitative estimate of drug-likeness (QED) is 0.830. The number of fused-ring (bicyclic) bond motifs is 1. The number of carbonyl (C=O) groups excluding carboxylic acids is 1. The summed E-state index contributed by atoms with van der Waals surface area (Å²) in [6.45, 7) is 13.1. The average Bonchev–Trinajstić information content (AvgIpc) is 3.09. The summed E-state index contributed by atoms with van der Waals surface area (Å²) >= 11 is 1.22. The average molecular weight is 350 g/mol. The van der Waals surface area contributed by atoms with Gasteiger partial charge in [0, 0.05) is 38.1 Å². The molecule has 1 aromatic rings. The van der Waals surface area contributed by atoms with Gasteiger partial charge < -0.3 is 9.64 Å². The van der Waals surface area contributed by atoms with E-state index in [4.69, 9.17) is 4.74 Å². The fourth-order valence-electron chi connectivity index (χ4n) is 5.27. The molecule has 2 atom stereocenters. The molecule has 1 aromatic heterocycles. The summed E-state index contributed by atoms with van der Waals surface area (Å²) in [6.07, 6.45) is 1.20. The number of hydrogen-bond acceptors (Lipinski definition) is 6. The minimum absolute atomic E-state index is 0.119. The summed E-state index contributed by atoms with van der Waals surface area (Å²) < 4.78 is 9.42. The lowest BCUT2D eigenvalue weighted by molar-refractivity contribution is -0.0966. The highest BCUT2D eigenvalue weighted by atomic mass is 32.1. The Bertz CT molecular complexity index is 640. The molecule has 1 aliphatic carbocycles. The Kier molecular flexibility index (Phi) is 3.93. The molecule has 0 radical (unpaired) electrons. The predicted octanol–water partition coefficient (Wildman–Crippen LogP) is 1.67. The van der Waals surface area contributed by atoms with Crippen LogP contribution < -0.4 is 0 Å². The zero-order chi connectivity index (χ0) is 16.9. The van der Waals surface area contributed by atoms with E-state index in [1.165, 1.54) is 18.0 Å². The standard InChI is InChI=1S/C17H26N4O2S/c1-12-14(24-19-18-12)15(22)21-8-13-16(2,3)9-17(13,11-21)10-20-4-6-23-7-5-20/h13H,4-11H2,1-3H3/t13-,17+/m1/s1. The first kappa shape index (κ1) is 16.4. The van der Waals surface area contributed by atoms with E-state index in [-0.39, 0.29) is 11.3 Å². The van der Waals surface area contributed by atoms with Gasteiger partial charge in [-0.3, -0.25) is 9.69 Å². The molecular weight excluding hydrogens is 324 g/mol. The topological polar surface area (TPSA) is 58.6 Å². The maximum atomic E-state index is 12.9. The lowest BCUT2D eigenvalue weighted by Gasteiger charge is -2.58. The smallest absolute Gasteiger partial charge is 0.267 e. The number of aryl methyl sites for hydroxylation is 1. The predicted molar refractivity (Wildman–Crippen MR) is 92.1 cm³/mol. The minimum Gasteiger partial charge on any atom is -0.379 e. The second-order valence-electron chi connectivity index (χ2n) is 8.34. The second kappa shape index (κ2) is 5.75. The van der Waals surface area contributed by atoms with Gasteiger partial charge in [-0.2, -0.15) is 0 Å². The van der Waals surface area contributed by atoms with Gasteiger partial charge in [0.15, 0.2) is 0 Å². The van der Waals surface area contributed by atoms with Crippen molar-refractivity contribution < 1.29 is 9.53 Å². The third-order valence-corrected chi connectivity index (χ3v) is 6.99. The molecule has 132 valence electrons. The number of nitrogens with zero attached hydrogens (tertiary/aromatic N) is 4. The van der Waals surface area contributed by atoms with Gasteiger partial charge in [-0.05, 0) is 36.2 Å². The number of likely N-dealkylation sites (tertiary alicyclic amines) is 1. The number of carbonyl (C=O) groups is 1. The first-order chi connectivity index (χ1) is 11.4. The summed E-state index contributed by atoms with van der Waals surface area (Å²) in [5.74, 6) is 0.701. The third kappa shape index (κ3) is 2.57. The number of amides is 1. The van der Waals surface area contributed by atoms with Crippen molar-refractivity contribution in [3.05, 3.63) is 10.6 Å². The van der Waals surface area contributed by atoms with Crippen LogP contribution in [0.2, 0.25) is 0 Å². The Labute approximate surface area is 147 Å². The van der Waals surface area contributed by atoms with Crippen LogP contribution in [0.15, 0.2) is 0 Å². The largest absolute Gasteiger partial charge is 0.379 e. The Morgan fingerprint density at radius 2 is 2.12 bits per heavy atom. The van der Waals surface area contributed by atoms with Crippen LogP contribution in [0.5, 0.6) is 0 Å². The molecule has 6 nitrogen and oxygen atoms in total. The first-order valence-corrected chi connectivity index (χ1v) is 9.57. The van der Waals surface area contributed by atoms with E-state index in [0.29, 0.717) is 16.2 Å². The van der Waals surface area contributed by atoms with E-state index in [9.17, 15) is 4.79 Å². The maximum absolute atomic E-state index is 12.9. The minimum atomic E-state index is 0.119. The van der Waals surface area contributed by atoms with Crippen molar-refractivity contribution in [1.82, 2.24) is 19.4 Å². The van der Waals surface area contributed by atoms with Crippen LogP contribution in [0.3, 0.4) is 0 Å². The molecule has 0 bridgehead atoms. The van der Waals surface area contributed by atoms with E-state index >= 15 is 0 Å². The van der Waals surface area contributed by atoms with Crippen LogP contribution in [0, 0.1) is 23.7 Å². The van der Waals surface area contributed by atoms with E-state index in [0.717, 1.165) is 51.6 Å². The second-order valence-corrected chi connectivity index (χ2v) is 9.10. The maximum Gasteiger partial charge on any atom is 0.267 e. The molecule has 0 unspecified atom stereocenters. The molecular formula is C17H26N4O2S. The van der Waals surface area contributed by atoms with Crippen molar-refractivity contribution in [2.24, 2.45) is 16.7 Å². The van der Waals surface area contributed by atoms with E-state index in [1.54, 1.807) is 0 Å². The Morgan fingerprint density at radius 3 is 2.75 bits per heavy atom. The number of aromatic nitrogens is 2. The molecule has 1 amide bonds. The fraction of sp³-hybridized carbons (Fsp3) is 0.824. The normalized spacial score (nSPS) is 32.5. The molecule has 2 saturated heterocycles. The lowest BCUT2D eigenvalue weighted by Crippen LogP contribution is -2.59. The molecule has 3 heterocycles. The molecule has 3 aliphatic rings. The molecule has 2 aliphatic heterocycles. The van der Waals surface area contributed by atoms with Gasteiger partial charge in [-0.1, -0.05) is 18.3 Å². The van der Waals surface area contributed by atoms with Gasteiger partial charge in [-0.15, -0.1) is 5.10 Å².